The summed E-state index contributed by atoms with van der Waals surface area (Å²) < 4.78 is 40.8. The summed E-state index contributed by atoms with van der Waals surface area (Å²) in [5, 5.41) is 2.76. The number of aryl methyl sites for hydroxylation is 1. The predicted octanol–water partition coefficient (Wildman–Crippen LogP) is 3.96. The topological polar surface area (TPSA) is 95.6 Å². The van der Waals surface area contributed by atoms with Crippen molar-refractivity contribution in [2.75, 3.05) is 23.1 Å². The Hall–Kier alpha value is -3.72. The first kappa shape index (κ1) is 24.4. The summed E-state index contributed by atoms with van der Waals surface area (Å²) in [6, 6.07) is 19.0. The smallest absolute Gasteiger partial charge is 0.261 e. The van der Waals surface area contributed by atoms with Crippen molar-refractivity contribution in [3.63, 3.8) is 0 Å². The number of hydrogen-bond acceptors (Lipinski definition) is 4. The molecule has 1 fully saturated rings. The fraction of sp³-hybridized carbons (Fsp3) is 0.231. The normalized spacial score (nSPS) is 15.8. The van der Waals surface area contributed by atoms with E-state index in [9.17, 15) is 22.4 Å². The molecule has 1 atom stereocenters. The molecule has 0 radical (unpaired) electrons. The Labute approximate surface area is 204 Å². The van der Waals surface area contributed by atoms with Crippen LogP contribution >= 0.6 is 0 Å². The van der Waals surface area contributed by atoms with Gasteiger partial charge < -0.3 is 10.2 Å². The van der Waals surface area contributed by atoms with Crippen LogP contribution in [0.4, 0.5) is 15.8 Å². The van der Waals surface area contributed by atoms with Crippen molar-refractivity contribution in [3.05, 3.63) is 89.7 Å². The number of nitrogens with zero attached hydrogens (tertiary/aromatic N) is 1. The molecule has 4 rings (SSSR count). The highest BCUT2D eigenvalue weighted by Gasteiger charge is 2.34. The van der Waals surface area contributed by atoms with Gasteiger partial charge in [-0.2, -0.15) is 0 Å². The Morgan fingerprint density at radius 3 is 2.26 bits per heavy atom. The summed E-state index contributed by atoms with van der Waals surface area (Å²) >= 11 is 0. The summed E-state index contributed by atoms with van der Waals surface area (Å²) in [7, 11) is -3.77. The van der Waals surface area contributed by atoms with Crippen LogP contribution in [0.15, 0.2) is 77.7 Å². The molecule has 182 valence electrons. The van der Waals surface area contributed by atoms with Crippen molar-refractivity contribution < 1.29 is 22.4 Å². The summed E-state index contributed by atoms with van der Waals surface area (Å²) in [4.78, 5) is 26.8. The number of benzene rings is 3. The van der Waals surface area contributed by atoms with Crippen molar-refractivity contribution in [1.82, 2.24) is 4.90 Å². The minimum atomic E-state index is -3.77. The van der Waals surface area contributed by atoms with Crippen LogP contribution in [-0.2, 0) is 26.0 Å². The quantitative estimate of drug-likeness (QED) is 0.494. The van der Waals surface area contributed by atoms with Crippen LogP contribution in [0.2, 0.25) is 0 Å². The van der Waals surface area contributed by atoms with Crippen LogP contribution in [0.3, 0.4) is 0 Å². The average molecular weight is 496 g/mol. The van der Waals surface area contributed by atoms with E-state index in [0.29, 0.717) is 30.9 Å². The van der Waals surface area contributed by atoms with E-state index in [-0.39, 0.29) is 28.9 Å². The molecule has 1 aliphatic heterocycles. The SMILES string of the molecule is Cc1ccc(NS(=O)(=O)c2ccc(NC(=O)[C@H]3CC(=O)N(CCc4ccc(F)cc4)C3)cc2)cc1. The molecule has 0 aromatic heterocycles. The van der Waals surface area contributed by atoms with Crippen LogP contribution in [0, 0.1) is 18.7 Å². The highest BCUT2D eigenvalue weighted by molar-refractivity contribution is 7.92. The molecule has 0 unspecified atom stereocenters. The number of carbonyl (C=O) groups excluding carboxylic acids is 2. The Balaban J connectivity index is 1.32. The molecular formula is C26H26FN3O4S. The molecule has 0 bridgehead atoms. The molecule has 2 amide bonds. The van der Waals surface area contributed by atoms with E-state index in [1.807, 2.05) is 19.1 Å². The number of sulfonamides is 1. The second-order valence-electron chi connectivity index (χ2n) is 8.60. The van der Waals surface area contributed by atoms with E-state index < -0.39 is 15.9 Å². The van der Waals surface area contributed by atoms with E-state index in [2.05, 4.69) is 10.0 Å². The molecule has 0 saturated carbocycles. The zero-order valence-corrected chi connectivity index (χ0v) is 20.0. The number of halogens is 1. The number of anilines is 2. The third-order valence-corrected chi connectivity index (χ3v) is 7.30. The largest absolute Gasteiger partial charge is 0.342 e. The maximum Gasteiger partial charge on any atom is 0.261 e. The van der Waals surface area contributed by atoms with Crippen LogP contribution < -0.4 is 10.0 Å². The molecule has 35 heavy (non-hydrogen) atoms. The number of likely N-dealkylation sites (tertiary alicyclic amines) is 1. The molecule has 7 nitrogen and oxygen atoms in total. The highest BCUT2D eigenvalue weighted by Crippen LogP contribution is 2.22. The Morgan fingerprint density at radius 1 is 0.971 bits per heavy atom. The minimum Gasteiger partial charge on any atom is -0.342 e. The molecule has 2 N–H and O–H groups in total. The van der Waals surface area contributed by atoms with Gasteiger partial charge in [0.05, 0.1) is 10.8 Å². The first-order valence-corrected chi connectivity index (χ1v) is 12.7. The zero-order chi connectivity index (χ0) is 25.0. The predicted molar refractivity (Wildman–Crippen MR) is 132 cm³/mol. The van der Waals surface area contributed by atoms with Crippen LogP contribution in [0.5, 0.6) is 0 Å². The fourth-order valence-corrected chi connectivity index (χ4v) is 4.94. The lowest BCUT2D eigenvalue weighted by Gasteiger charge is -2.16. The molecular weight excluding hydrogens is 469 g/mol. The number of hydrogen-bond donors (Lipinski definition) is 2. The average Bonchev–Trinajstić information content (AvgIpc) is 3.21. The highest BCUT2D eigenvalue weighted by atomic mass is 32.2. The van der Waals surface area contributed by atoms with Crippen LogP contribution in [-0.4, -0.2) is 38.2 Å². The molecule has 1 saturated heterocycles. The summed E-state index contributed by atoms with van der Waals surface area (Å²) in [6.07, 6.45) is 0.690. The molecule has 9 heteroatoms. The second-order valence-corrected chi connectivity index (χ2v) is 10.3. The molecule has 1 aliphatic rings. The molecule has 3 aromatic rings. The van der Waals surface area contributed by atoms with Gasteiger partial charge in [-0.25, -0.2) is 12.8 Å². The number of nitrogens with one attached hydrogen (secondary N) is 2. The van der Waals surface area contributed by atoms with Gasteiger partial charge >= 0.3 is 0 Å². The van der Waals surface area contributed by atoms with Crippen molar-refractivity contribution in [3.8, 4) is 0 Å². The molecule has 3 aromatic carbocycles. The summed E-state index contributed by atoms with van der Waals surface area (Å²) in [6.45, 7) is 2.67. The maximum absolute atomic E-state index is 13.0. The fourth-order valence-electron chi connectivity index (χ4n) is 3.88. The van der Waals surface area contributed by atoms with Gasteiger partial charge in [-0.05, 0) is 67.4 Å². The third kappa shape index (κ3) is 6.24. The van der Waals surface area contributed by atoms with Crippen molar-refractivity contribution >= 4 is 33.2 Å². The molecule has 0 aliphatic carbocycles. The van der Waals surface area contributed by atoms with Crippen LogP contribution in [0.1, 0.15) is 17.5 Å². The van der Waals surface area contributed by atoms with Gasteiger partial charge in [-0.1, -0.05) is 29.8 Å². The maximum atomic E-state index is 13.0. The van der Waals surface area contributed by atoms with Crippen LogP contribution in [0.25, 0.3) is 0 Å². The Kier molecular flexibility index (Phi) is 7.16. The molecule has 1 heterocycles. The van der Waals surface area contributed by atoms with Gasteiger partial charge in [0.25, 0.3) is 10.0 Å². The molecule has 0 spiro atoms. The number of rotatable bonds is 8. The van der Waals surface area contributed by atoms with E-state index in [1.54, 1.807) is 29.2 Å². The Bertz CT molecular complexity index is 1310. The monoisotopic (exact) mass is 495 g/mol. The zero-order valence-electron chi connectivity index (χ0n) is 19.2. The van der Waals surface area contributed by atoms with Crippen molar-refractivity contribution in [2.24, 2.45) is 5.92 Å². The lowest BCUT2D eigenvalue weighted by molar-refractivity contribution is -0.128. The van der Waals surface area contributed by atoms with E-state index in [4.69, 9.17) is 0 Å². The van der Waals surface area contributed by atoms with Gasteiger partial charge in [0.1, 0.15) is 5.82 Å². The summed E-state index contributed by atoms with van der Waals surface area (Å²) in [5.74, 6) is -1.20. The standard InChI is InChI=1S/C26H26FN3O4S/c1-18-2-8-23(9-3-18)29-35(33,34)24-12-10-22(11-13-24)28-26(32)20-16-25(31)30(17-20)15-14-19-4-6-21(27)7-5-19/h2-13,20,29H,14-17H2,1H3,(H,28,32)/t20-/m0/s1. The van der Waals surface area contributed by atoms with Crippen molar-refractivity contribution in [1.29, 1.82) is 0 Å². The van der Waals surface area contributed by atoms with Gasteiger partial charge in [0.15, 0.2) is 0 Å². The van der Waals surface area contributed by atoms with Crippen molar-refractivity contribution in [2.45, 2.75) is 24.7 Å². The summed E-state index contributed by atoms with van der Waals surface area (Å²) in [5.41, 5.74) is 2.84. The lowest BCUT2D eigenvalue weighted by atomic mass is 10.1. The third-order valence-electron chi connectivity index (χ3n) is 5.90. The van der Waals surface area contributed by atoms with Gasteiger partial charge in [0.2, 0.25) is 11.8 Å². The van der Waals surface area contributed by atoms with E-state index >= 15 is 0 Å². The number of amides is 2. The Morgan fingerprint density at radius 2 is 1.60 bits per heavy atom. The minimum absolute atomic E-state index is 0.0686. The first-order chi connectivity index (χ1) is 16.7. The van der Waals surface area contributed by atoms with Gasteiger partial charge in [-0.3, -0.25) is 14.3 Å². The van der Waals surface area contributed by atoms with E-state index in [0.717, 1.165) is 11.1 Å². The van der Waals surface area contributed by atoms with Gasteiger partial charge in [-0.15, -0.1) is 0 Å². The number of carbonyl (C=O) groups is 2. The first-order valence-electron chi connectivity index (χ1n) is 11.2. The lowest BCUT2D eigenvalue weighted by Crippen LogP contribution is -2.30. The van der Waals surface area contributed by atoms with E-state index in [1.165, 1.54) is 36.4 Å². The second kappa shape index (κ2) is 10.3. The van der Waals surface area contributed by atoms with Gasteiger partial charge in [0, 0.05) is 30.9 Å².